The van der Waals surface area contributed by atoms with Crippen LogP contribution < -0.4 is 10.6 Å². The average Bonchev–Trinajstić information content (AvgIpc) is 2.78. The molecule has 1 aromatic carbocycles. The number of fused-ring (bicyclic) bond motifs is 2. The van der Waals surface area contributed by atoms with E-state index in [1.165, 1.54) is 12.8 Å². The quantitative estimate of drug-likeness (QED) is 0.894. The van der Waals surface area contributed by atoms with Gasteiger partial charge in [0.2, 0.25) is 5.91 Å². The molecule has 0 radical (unpaired) electrons. The van der Waals surface area contributed by atoms with Crippen molar-refractivity contribution in [1.82, 2.24) is 10.6 Å². The molecule has 0 spiro atoms. The Bertz CT molecular complexity index is 507. The van der Waals surface area contributed by atoms with Gasteiger partial charge < -0.3 is 10.6 Å². The number of piperidine rings is 1. The average molecular weight is 307 g/mol. The predicted octanol–water partition coefficient (Wildman–Crippen LogP) is 3.44. The summed E-state index contributed by atoms with van der Waals surface area (Å²) in [5.74, 6) is 0.677. The zero-order valence-corrected chi connectivity index (χ0v) is 13.2. The third-order valence-corrected chi connectivity index (χ3v) is 5.14. The van der Waals surface area contributed by atoms with Crippen molar-refractivity contribution in [1.29, 1.82) is 0 Å². The van der Waals surface area contributed by atoms with Gasteiger partial charge in [-0.25, -0.2) is 0 Å². The van der Waals surface area contributed by atoms with Gasteiger partial charge in [0.15, 0.2) is 0 Å². The van der Waals surface area contributed by atoms with Gasteiger partial charge in [0.25, 0.3) is 0 Å². The number of amides is 1. The molecule has 0 aliphatic carbocycles. The molecule has 2 bridgehead atoms. The summed E-state index contributed by atoms with van der Waals surface area (Å²) in [6.45, 7) is 1.99. The van der Waals surface area contributed by atoms with E-state index < -0.39 is 0 Å². The molecular formula is C17H23ClN2O. The van der Waals surface area contributed by atoms with Crippen LogP contribution in [-0.2, 0) is 4.79 Å². The van der Waals surface area contributed by atoms with Crippen molar-refractivity contribution >= 4 is 17.5 Å². The second-order valence-corrected chi connectivity index (χ2v) is 6.90. The minimum Gasteiger partial charge on any atom is -0.350 e. The molecule has 114 valence electrons. The standard InChI is InChI=1S/C17H23ClN2O/c1-11(15-4-2-3-5-16(15)18)19-17(21)10-12-8-13-6-7-14(9-12)20-13/h2-5,11-14,20H,6-10H2,1H3,(H,19,21). The number of carbonyl (C=O) groups excluding carboxylic acids is 1. The Balaban J connectivity index is 1.53. The third-order valence-electron chi connectivity index (χ3n) is 4.79. The van der Waals surface area contributed by atoms with Crippen molar-refractivity contribution in [2.45, 2.75) is 57.2 Å². The van der Waals surface area contributed by atoms with E-state index in [0.29, 0.717) is 29.4 Å². The normalized spacial score (nSPS) is 29.1. The first-order valence-corrected chi connectivity index (χ1v) is 8.29. The van der Waals surface area contributed by atoms with Crippen molar-refractivity contribution in [3.05, 3.63) is 34.9 Å². The Kier molecular flexibility index (Phi) is 4.51. The summed E-state index contributed by atoms with van der Waals surface area (Å²) in [6, 6.07) is 8.94. The van der Waals surface area contributed by atoms with Crippen LogP contribution in [0, 0.1) is 5.92 Å². The van der Waals surface area contributed by atoms with Gasteiger partial charge in [-0.15, -0.1) is 0 Å². The number of hydrogen-bond acceptors (Lipinski definition) is 2. The highest BCUT2D eigenvalue weighted by Gasteiger charge is 2.34. The maximum absolute atomic E-state index is 12.3. The predicted molar refractivity (Wildman–Crippen MR) is 85.3 cm³/mol. The molecule has 3 atom stereocenters. The second-order valence-electron chi connectivity index (χ2n) is 6.49. The fourth-order valence-corrected chi connectivity index (χ4v) is 4.11. The Morgan fingerprint density at radius 3 is 2.67 bits per heavy atom. The van der Waals surface area contributed by atoms with Gasteiger partial charge in [-0.05, 0) is 50.2 Å². The highest BCUT2D eigenvalue weighted by atomic mass is 35.5. The largest absolute Gasteiger partial charge is 0.350 e. The minimum absolute atomic E-state index is 0.0374. The molecule has 0 aromatic heterocycles. The molecule has 2 N–H and O–H groups in total. The fourth-order valence-electron chi connectivity index (χ4n) is 3.81. The summed E-state index contributed by atoms with van der Waals surface area (Å²) in [5.41, 5.74) is 0.984. The summed E-state index contributed by atoms with van der Waals surface area (Å²) >= 11 is 6.18. The number of rotatable bonds is 4. The maximum Gasteiger partial charge on any atom is 0.220 e. The monoisotopic (exact) mass is 306 g/mol. The fraction of sp³-hybridized carbons (Fsp3) is 0.588. The van der Waals surface area contributed by atoms with E-state index in [9.17, 15) is 4.79 Å². The van der Waals surface area contributed by atoms with Crippen LogP contribution in [0.25, 0.3) is 0 Å². The Labute approximate surface area is 131 Å². The molecule has 3 unspecified atom stereocenters. The molecule has 21 heavy (non-hydrogen) atoms. The van der Waals surface area contributed by atoms with Gasteiger partial charge >= 0.3 is 0 Å². The van der Waals surface area contributed by atoms with Crippen LogP contribution in [0.5, 0.6) is 0 Å². The van der Waals surface area contributed by atoms with Crippen molar-refractivity contribution in [2.24, 2.45) is 5.92 Å². The lowest BCUT2D eigenvalue weighted by Gasteiger charge is -2.29. The number of hydrogen-bond donors (Lipinski definition) is 2. The summed E-state index contributed by atoms with van der Waals surface area (Å²) < 4.78 is 0. The molecule has 2 fully saturated rings. The van der Waals surface area contributed by atoms with Crippen molar-refractivity contribution in [3.63, 3.8) is 0 Å². The maximum atomic E-state index is 12.3. The summed E-state index contributed by atoms with van der Waals surface area (Å²) in [6.07, 6.45) is 5.48. The van der Waals surface area contributed by atoms with E-state index in [4.69, 9.17) is 11.6 Å². The van der Waals surface area contributed by atoms with Gasteiger partial charge in [-0.3, -0.25) is 4.79 Å². The Morgan fingerprint density at radius 2 is 2.00 bits per heavy atom. The lowest BCUT2D eigenvalue weighted by Crippen LogP contribution is -2.40. The molecular weight excluding hydrogens is 284 g/mol. The topological polar surface area (TPSA) is 41.1 Å². The molecule has 2 saturated heterocycles. The molecule has 2 heterocycles. The molecule has 4 heteroatoms. The zero-order chi connectivity index (χ0) is 14.8. The zero-order valence-electron chi connectivity index (χ0n) is 12.4. The summed E-state index contributed by atoms with van der Waals surface area (Å²) in [4.78, 5) is 12.3. The van der Waals surface area contributed by atoms with Gasteiger partial charge in [-0.1, -0.05) is 29.8 Å². The second kappa shape index (κ2) is 6.37. The lowest BCUT2D eigenvalue weighted by molar-refractivity contribution is -0.122. The van der Waals surface area contributed by atoms with Crippen LogP contribution in [0.1, 0.15) is 50.6 Å². The molecule has 1 amide bonds. The first kappa shape index (κ1) is 14.9. The Morgan fingerprint density at radius 1 is 1.33 bits per heavy atom. The van der Waals surface area contributed by atoms with Gasteiger partial charge in [0, 0.05) is 23.5 Å². The number of benzene rings is 1. The molecule has 1 aromatic rings. The summed E-state index contributed by atoms with van der Waals surface area (Å²) in [7, 11) is 0. The minimum atomic E-state index is -0.0374. The van der Waals surface area contributed by atoms with Crippen LogP contribution >= 0.6 is 11.6 Å². The van der Waals surface area contributed by atoms with E-state index in [0.717, 1.165) is 18.4 Å². The molecule has 2 aliphatic heterocycles. The molecule has 0 saturated carbocycles. The number of nitrogens with one attached hydrogen (secondary N) is 2. The SMILES string of the molecule is CC(NC(=O)CC1CC2CCC(C1)N2)c1ccccc1Cl. The molecule has 3 nitrogen and oxygen atoms in total. The molecule has 2 aliphatic rings. The van der Waals surface area contributed by atoms with Crippen LogP contribution in [-0.4, -0.2) is 18.0 Å². The van der Waals surface area contributed by atoms with Gasteiger partial charge in [-0.2, -0.15) is 0 Å². The van der Waals surface area contributed by atoms with E-state index >= 15 is 0 Å². The van der Waals surface area contributed by atoms with E-state index in [1.54, 1.807) is 0 Å². The first-order chi connectivity index (χ1) is 10.1. The van der Waals surface area contributed by atoms with Crippen molar-refractivity contribution < 1.29 is 4.79 Å². The Hall–Kier alpha value is -1.06. The van der Waals surface area contributed by atoms with Crippen LogP contribution in [0.2, 0.25) is 5.02 Å². The van der Waals surface area contributed by atoms with E-state index in [2.05, 4.69) is 10.6 Å². The number of halogens is 1. The lowest BCUT2D eigenvalue weighted by atomic mass is 9.89. The van der Waals surface area contributed by atoms with Gasteiger partial charge in [0.05, 0.1) is 6.04 Å². The van der Waals surface area contributed by atoms with Crippen LogP contribution in [0.4, 0.5) is 0 Å². The summed E-state index contributed by atoms with van der Waals surface area (Å²) in [5, 5.41) is 7.42. The molecule has 3 rings (SSSR count). The van der Waals surface area contributed by atoms with E-state index in [-0.39, 0.29) is 11.9 Å². The van der Waals surface area contributed by atoms with Crippen LogP contribution in [0.3, 0.4) is 0 Å². The number of carbonyl (C=O) groups is 1. The van der Waals surface area contributed by atoms with Gasteiger partial charge in [0.1, 0.15) is 0 Å². The van der Waals surface area contributed by atoms with Crippen LogP contribution in [0.15, 0.2) is 24.3 Å². The smallest absolute Gasteiger partial charge is 0.220 e. The first-order valence-electron chi connectivity index (χ1n) is 7.91. The van der Waals surface area contributed by atoms with E-state index in [1.807, 2.05) is 31.2 Å². The van der Waals surface area contributed by atoms with Crippen molar-refractivity contribution in [2.75, 3.05) is 0 Å². The van der Waals surface area contributed by atoms with Crippen molar-refractivity contribution in [3.8, 4) is 0 Å². The highest BCUT2D eigenvalue weighted by Crippen LogP contribution is 2.32. The third kappa shape index (κ3) is 3.58. The highest BCUT2D eigenvalue weighted by molar-refractivity contribution is 6.31.